The highest BCUT2D eigenvalue weighted by Gasteiger charge is 2.69. The van der Waals surface area contributed by atoms with Crippen LogP contribution in [-0.4, -0.2) is 85.4 Å². The van der Waals surface area contributed by atoms with Gasteiger partial charge in [-0.15, -0.1) is 0 Å². The fourth-order valence-corrected chi connectivity index (χ4v) is 13.6. The molecule has 3 saturated heterocycles. The van der Waals surface area contributed by atoms with Gasteiger partial charge in [-0.1, -0.05) is 64.1 Å². The number of aliphatic hydroxyl groups is 1. The van der Waals surface area contributed by atoms with E-state index in [0.717, 1.165) is 45.1 Å². The number of carbonyl (C=O) groups is 3. The molecular weight excluding hydrogens is 753 g/mol. The molecule has 320 valence electrons. The summed E-state index contributed by atoms with van der Waals surface area (Å²) in [6.07, 6.45) is 3.02. The molecule has 4 saturated carbocycles. The van der Waals surface area contributed by atoms with E-state index in [0.29, 0.717) is 41.4 Å². The van der Waals surface area contributed by atoms with Crippen LogP contribution < -0.4 is 0 Å². The van der Waals surface area contributed by atoms with Crippen LogP contribution >= 0.6 is 0 Å². The fraction of sp³-hybridized carbons (Fsp3) is 0.688. The zero-order valence-corrected chi connectivity index (χ0v) is 35.2. The Bertz CT molecular complexity index is 1850. The molecule has 59 heavy (non-hydrogen) atoms. The molecule has 0 radical (unpaired) electrons. The van der Waals surface area contributed by atoms with Crippen molar-refractivity contribution >= 4 is 17.9 Å². The van der Waals surface area contributed by atoms with E-state index in [4.69, 9.17) is 33.2 Å². The molecule has 2 aromatic rings. The van der Waals surface area contributed by atoms with Gasteiger partial charge in [0.05, 0.1) is 37.1 Å². The molecule has 1 spiro atoms. The molecule has 0 amide bonds. The van der Waals surface area contributed by atoms with Crippen molar-refractivity contribution in [2.45, 2.75) is 141 Å². The van der Waals surface area contributed by atoms with Gasteiger partial charge in [0.2, 0.25) is 0 Å². The summed E-state index contributed by atoms with van der Waals surface area (Å²) in [6, 6.07) is 16.8. The Morgan fingerprint density at radius 2 is 1.42 bits per heavy atom. The summed E-state index contributed by atoms with van der Waals surface area (Å²) in [6.45, 7) is 10.6. The van der Waals surface area contributed by atoms with Crippen LogP contribution in [0, 0.1) is 52.3 Å². The van der Waals surface area contributed by atoms with Gasteiger partial charge in [0.15, 0.2) is 30.4 Å². The van der Waals surface area contributed by atoms with Crippen molar-refractivity contribution in [1.82, 2.24) is 0 Å². The average Bonchev–Trinajstić information content (AvgIpc) is 3.70. The molecule has 3 aliphatic heterocycles. The lowest BCUT2D eigenvalue weighted by Gasteiger charge is -2.61. The minimum atomic E-state index is -1.71. The van der Waals surface area contributed by atoms with E-state index in [-0.39, 0.29) is 34.2 Å². The number of carbonyl (C=O) groups excluding carboxylic acids is 3. The third-order valence-corrected chi connectivity index (χ3v) is 16.7. The Balaban J connectivity index is 0.927. The monoisotopic (exact) mass is 814 g/mol. The van der Waals surface area contributed by atoms with Gasteiger partial charge in [0, 0.05) is 12.3 Å². The fourth-order valence-electron chi connectivity index (χ4n) is 13.6. The number of benzene rings is 2. The van der Waals surface area contributed by atoms with E-state index in [2.05, 4.69) is 27.7 Å². The van der Waals surface area contributed by atoms with Crippen molar-refractivity contribution in [3.8, 4) is 0 Å². The molecule has 0 aromatic heterocycles. The molecule has 1 N–H and O–H groups in total. The number of aliphatic hydroxyl groups excluding tert-OH is 1. The maximum atomic E-state index is 13.6. The Morgan fingerprint density at radius 1 is 0.763 bits per heavy atom. The molecule has 7 fully saturated rings. The summed E-state index contributed by atoms with van der Waals surface area (Å²) in [5.74, 6) is 1.10. The van der Waals surface area contributed by atoms with Gasteiger partial charge in [-0.25, -0.2) is 14.4 Å². The predicted molar refractivity (Wildman–Crippen MR) is 215 cm³/mol. The van der Waals surface area contributed by atoms with Crippen molar-refractivity contribution < 1.29 is 52.6 Å². The van der Waals surface area contributed by atoms with Gasteiger partial charge in [-0.05, 0) is 128 Å². The predicted octanol–water partition coefficient (Wildman–Crippen LogP) is 7.53. The average molecular weight is 815 g/mol. The standard InChI is InChI=1S/C48H62O11/c1-27-18-23-48(54-26-27)28(2)37-36(59-48)25-35-33-17-16-31-24-32(19-21-46(31,3)34(33)20-22-47(35,37)4)55-45-41(57-43(51)30-14-10-7-11-15-30)39(38(49)40(58-45)44(52)53-5)56-42(50)29-12-8-6-9-13-29/h6-15,27-28,31-41,45,49H,16-26H2,1-5H3/t27-,28+,31?,32+,33-,34+,35+,36+,37+,38+,39+,40+,41-,45-,46+,47+,48-/m1/s1. The summed E-state index contributed by atoms with van der Waals surface area (Å²) < 4.78 is 43.5. The highest BCUT2D eigenvalue weighted by Crippen LogP contribution is 2.71. The Labute approximate surface area is 348 Å². The van der Waals surface area contributed by atoms with Crippen LogP contribution in [0.15, 0.2) is 60.7 Å². The topological polar surface area (TPSA) is 136 Å². The first kappa shape index (κ1) is 41.0. The maximum Gasteiger partial charge on any atom is 0.338 e. The van der Waals surface area contributed by atoms with Crippen molar-refractivity contribution in [2.75, 3.05) is 13.7 Å². The number of methoxy groups -OCH3 is 1. The Hall–Kier alpha value is -3.35. The first-order valence-electron chi connectivity index (χ1n) is 22.3. The van der Waals surface area contributed by atoms with Crippen LogP contribution in [0.4, 0.5) is 0 Å². The Kier molecular flexibility index (Phi) is 11.0. The van der Waals surface area contributed by atoms with E-state index in [9.17, 15) is 19.5 Å². The SMILES string of the molecule is COC(=O)[C@H]1O[C@@H](O[C@H]2CC[C@@]3(C)C(CC[C@H]4[C@@H]5C[C@@H]6O[C@]7(CC[C@@H](C)CO7)[C@@H](C)[C@@H]6[C@@]5(C)CC[C@@H]43)C2)[C@H](OC(=O)c2ccccc2)[C@@H](OC(=O)c2ccccc2)[C@@H]1O. The summed E-state index contributed by atoms with van der Waals surface area (Å²) in [5.41, 5.74) is 0.886. The minimum absolute atomic E-state index is 0.142. The second-order valence-corrected chi connectivity index (χ2v) is 19.6. The summed E-state index contributed by atoms with van der Waals surface area (Å²) in [5, 5.41) is 11.6. The number of fused-ring (bicyclic) bond motifs is 7. The van der Waals surface area contributed by atoms with E-state index >= 15 is 0 Å². The molecule has 3 heterocycles. The second-order valence-electron chi connectivity index (χ2n) is 19.6. The van der Waals surface area contributed by atoms with Crippen LogP contribution in [0.2, 0.25) is 0 Å². The lowest BCUT2D eigenvalue weighted by molar-refractivity contribution is -0.308. The van der Waals surface area contributed by atoms with Crippen LogP contribution in [-0.2, 0) is 38.0 Å². The van der Waals surface area contributed by atoms with E-state index < -0.39 is 54.4 Å². The highest BCUT2D eigenvalue weighted by atomic mass is 16.7. The largest absolute Gasteiger partial charge is 0.467 e. The van der Waals surface area contributed by atoms with Crippen LogP contribution in [0.5, 0.6) is 0 Å². The highest BCUT2D eigenvalue weighted by molar-refractivity contribution is 5.90. The quantitative estimate of drug-likeness (QED) is 0.169. The van der Waals surface area contributed by atoms with Gasteiger partial charge in [0.1, 0.15) is 6.10 Å². The van der Waals surface area contributed by atoms with Gasteiger partial charge in [-0.2, -0.15) is 0 Å². The lowest BCUT2D eigenvalue weighted by Crippen LogP contribution is -2.63. The van der Waals surface area contributed by atoms with Gasteiger partial charge < -0.3 is 38.3 Å². The summed E-state index contributed by atoms with van der Waals surface area (Å²) in [7, 11) is 1.19. The normalized spacial score (nSPS) is 45.0. The molecular formula is C48H62O11. The molecule has 4 aliphatic carbocycles. The van der Waals surface area contributed by atoms with Crippen molar-refractivity contribution in [1.29, 1.82) is 0 Å². The van der Waals surface area contributed by atoms with Gasteiger partial charge in [-0.3, -0.25) is 0 Å². The second kappa shape index (κ2) is 15.8. The smallest absolute Gasteiger partial charge is 0.338 e. The maximum absolute atomic E-state index is 13.6. The summed E-state index contributed by atoms with van der Waals surface area (Å²) in [4.78, 5) is 40.2. The molecule has 9 rings (SSSR count). The van der Waals surface area contributed by atoms with Crippen molar-refractivity contribution in [2.24, 2.45) is 52.3 Å². The first-order valence-corrected chi connectivity index (χ1v) is 22.3. The first-order chi connectivity index (χ1) is 28.3. The summed E-state index contributed by atoms with van der Waals surface area (Å²) >= 11 is 0. The zero-order chi connectivity index (χ0) is 41.3. The number of hydrogen-bond donors (Lipinski definition) is 1. The molecule has 1 unspecified atom stereocenters. The minimum Gasteiger partial charge on any atom is -0.467 e. The Morgan fingerprint density at radius 3 is 2.07 bits per heavy atom. The van der Waals surface area contributed by atoms with Crippen molar-refractivity contribution in [3.05, 3.63) is 71.8 Å². The molecule has 11 nitrogen and oxygen atoms in total. The van der Waals surface area contributed by atoms with Gasteiger partial charge >= 0.3 is 17.9 Å². The number of esters is 3. The van der Waals surface area contributed by atoms with Crippen LogP contribution in [0.25, 0.3) is 0 Å². The van der Waals surface area contributed by atoms with Gasteiger partial charge in [0.25, 0.3) is 0 Å². The third kappa shape index (κ3) is 7.04. The van der Waals surface area contributed by atoms with E-state index in [1.54, 1.807) is 60.7 Å². The number of rotatable bonds is 7. The molecule has 0 bridgehead atoms. The van der Waals surface area contributed by atoms with Crippen LogP contribution in [0.3, 0.4) is 0 Å². The number of hydrogen-bond acceptors (Lipinski definition) is 11. The van der Waals surface area contributed by atoms with E-state index in [1.165, 1.54) is 32.8 Å². The molecule has 17 atom stereocenters. The van der Waals surface area contributed by atoms with E-state index in [1.807, 2.05) is 0 Å². The molecule has 2 aromatic carbocycles. The number of ether oxygens (including phenoxy) is 7. The third-order valence-electron chi connectivity index (χ3n) is 16.7. The lowest BCUT2D eigenvalue weighted by atomic mass is 9.44. The van der Waals surface area contributed by atoms with Crippen molar-refractivity contribution in [3.63, 3.8) is 0 Å². The molecule has 11 heteroatoms. The zero-order valence-electron chi connectivity index (χ0n) is 35.2. The van der Waals surface area contributed by atoms with Crippen LogP contribution in [0.1, 0.15) is 113 Å². The molecule has 7 aliphatic rings.